The van der Waals surface area contributed by atoms with E-state index >= 15 is 0 Å². The lowest BCUT2D eigenvalue weighted by atomic mass is 10.1. The number of anilines is 1. The molecule has 0 amide bonds. The van der Waals surface area contributed by atoms with Crippen molar-refractivity contribution in [1.29, 1.82) is 0 Å². The third-order valence-corrected chi connectivity index (χ3v) is 2.02. The summed E-state index contributed by atoms with van der Waals surface area (Å²) in [6.45, 7) is 5.49. The van der Waals surface area contributed by atoms with Gasteiger partial charge in [-0.15, -0.1) is 0 Å². The third-order valence-electron chi connectivity index (χ3n) is 2.02. The van der Waals surface area contributed by atoms with Gasteiger partial charge in [0, 0.05) is 12.8 Å². The average Bonchev–Trinajstić information content (AvgIpc) is 2.10. The zero-order valence-corrected chi connectivity index (χ0v) is 8.21. The molecular formula is C10H16N2O. The Morgan fingerprint density at radius 1 is 1.54 bits per heavy atom. The molecule has 72 valence electrons. The fourth-order valence-electron chi connectivity index (χ4n) is 1.25. The van der Waals surface area contributed by atoms with Gasteiger partial charge in [0.25, 0.3) is 0 Å². The molecule has 0 aliphatic carbocycles. The van der Waals surface area contributed by atoms with Crippen molar-refractivity contribution in [2.45, 2.75) is 20.3 Å². The quantitative estimate of drug-likeness (QED) is 0.715. The SMILES string of the molecule is CCOCCc1c(C)ccnc1N. The molecule has 0 spiro atoms. The van der Waals surface area contributed by atoms with Crippen LogP contribution in [0.2, 0.25) is 0 Å². The lowest BCUT2D eigenvalue weighted by molar-refractivity contribution is 0.151. The van der Waals surface area contributed by atoms with Crippen molar-refractivity contribution in [3.8, 4) is 0 Å². The molecule has 1 rings (SSSR count). The van der Waals surface area contributed by atoms with Crippen LogP contribution >= 0.6 is 0 Å². The molecule has 0 aliphatic heterocycles. The van der Waals surface area contributed by atoms with Crippen LogP contribution in [0.5, 0.6) is 0 Å². The number of hydrogen-bond acceptors (Lipinski definition) is 3. The maximum atomic E-state index is 5.74. The fraction of sp³-hybridized carbons (Fsp3) is 0.500. The van der Waals surface area contributed by atoms with Crippen LogP contribution in [-0.4, -0.2) is 18.2 Å². The van der Waals surface area contributed by atoms with Crippen molar-refractivity contribution in [3.05, 3.63) is 23.4 Å². The summed E-state index contributed by atoms with van der Waals surface area (Å²) in [6.07, 6.45) is 2.58. The summed E-state index contributed by atoms with van der Waals surface area (Å²) in [5.74, 6) is 0.625. The van der Waals surface area contributed by atoms with Crippen LogP contribution in [0.3, 0.4) is 0 Å². The lowest BCUT2D eigenvalue weighted by Gasteiger charge is -2.07. The number of ether oxygens (including phenoxy) is 1. The van der Waals surface area contributed by atoms with Gasteiger partial charge < -0.3 is 10.5 Å². The van der Waals surface area contributed by atoms with E-state index in [1.165, 1.54) is 5.56 Å². The number of pyridine rings is 1. The Morgan fingerprint density at radius 2 is 2.31 bits per heavy atom. The van der Waals surface area contributed by atoms with E-state index in [9.17, 15) is 0 Å². The molecule has 0 aromatic carbocycles. The standard InChI is InChI=1S/C10H16N2O/c1-3-13-7-5-9-8(2)4-6-12-10(9)11/h4,6H,3,5,7H2,1-2H3,(H2,11,12). The molecule has 3 heteroatoms. The van der Waals surface area contributed by atoms with Gasteiger partial charge in [-0.1, -0.05) is 0 Å². The summed E-state index contributed by atoms with van der Waals surface area (Å²) in [7, 11) is 0. The molecular weight excluding hydrogens is 164 g/mol. The second-order valence-electron chi connectivity index (χ2n) is 2.94. The van der Waals surface area contributed by atoms with Gasteiger partial charge in [-0.25, -0.2) is 4.98 Å². The van der Waals surface area contributed by atoms with Crippen molar-refractivity contribution in [2.75, 3.05) is 18.9 Å². The number of nitrogen functional groups attached to an aromatic ring is 1. The zero-order chi connectivity index (χ0) is 9.68. The van der Waals surface area contributed by atoms with Crippen molar-refractivity contribution < 1.29 is 4.74 Å². The number of rotatable bonds is 4. The molecule has 1 aromatic heterocycles. The van der Waals surface area contributed by atoms with Crippen molar-refractivity contribution in [1.82, 2.24) is 4.98 Å². The highest BCUT2D eigenvalue weighted by Crippen LogP contribution is 2.13. The monoisotopic (exact) mass is 180 g/mol. The molecule has 0 atom stereocenters. The van der Waals surface area contributed by atoms with Gasteiger partial charge in [0.05, 0.1) is 6.61 Å². The topological polar surface area (TPSA) is 48.1 Å². The zero-order valence-electron chi connectivity index (χ0n) is 8.21. The maximum absolute atomic E-state index is 5.74. The van der Waals surface area contributed by atoms with E-state index in [0.29, 0.717) is 12.4 Å². The second kappa shape index (κ2) is 4.82. The molecule has 0 saturated heterocycles. The summed E-state index contributed by atoms with van der Waals surface area (Å²) in [5, 5.41) is 0. The number of nitrogens with two attached hydrogens (primary N) is 1. The molecule has 13 heavy (non-hydrogen) atoms. The van der Waals surface area contributed by atoms with Gasteiger partial charge >= 0.3 is 0 Å². The normalized spacial score (nSPS) is 10.3. The molecule has 0 radical (unpaired) electrons. The summed E-state index contributed by atoms with van der Waals surface area (Å²) >= 11 is 0. The summed E-state index contributed by atoms with van der Waals surface area (Å²) < 4.78 is 5.26. The van der Waals surface area contributed by atoms with Crippen LogP contribution in [-0.2, 0) is 11.2 Å². The first-order valence-electron chi connectivity index (χ1n) is 4.53. The van der Waals surface area contributed by atoms with E-state index in [1.807, 2.05) is 19.9 Å². The fourth-order valence-corrected chi connectivity index (χ4v) is 1.25. The van der Waals surface area contributed by atoms with E-state index in [4.69, 9.17) is 10.5 Å². The minimum absolute atomic E-state index is 0.625. The highest BCUT2D eigenvalue weighted by atomic mass is 16.5. The molecule has 1 heterocycles. The summed E-state index contributed by atoms with van der Waals surface area (Å²) in [6, 6.07) is 1.97. The van der Waals surface area contributed by atoms with E-state index in [-0.39, 0.29) is 0 Å². The average molecular weight is 180 g/mol. The van der Waals surface area contributed by atoms with Crippen LogP contribution in [0.15, 0.2) is 12.3 Å². The Kier molecular flexibility index (Phi) is 3.71. The van der Waals surface area contributed by atoms with Gasteiger partial charge in [-0.05, 0) is 37.5 Å². The Bertz CT molecular complexity index is 253. The molecule has 0 saturated carbocycles. The van der Waals surface area contributed by atoms with Crippen LogP contribution in [0.25, 0.3) is 0 Å². The highest BCUT2D eigenvalue weighted by molar-refractivity contribution is 5.43. The number of aromatic nitrogens is 1. The third kappa shape index (κ3) is 2.70. The smallest absolute Gasteiger partial charge is 0.126 e. The Labute approximate surface area is 78.9 Å². The molecule has 1 aromatic rings. The van der Waals surface area contributed by atoms with E-state index < -0.39 is 0 Å². The predicted molar refractivity (Wildman–Crippen MR) is 53.6 cm³/mol. The predicted octanol–water partition coefficient (Wildman–Crippen LogP) is 1.55. The van der Waals surface area contributed by atoms with Crippen molar-refractivity contribution in [3.63, 3.8) is 0 Å². The first-order valence-corrected chi connectivity index (χ1v) is 4.53. The summed E-state index contributed by atoms with van der Waals surface area (Å²) in [4.78, 5) is 4.04. The van der Waals surface area contributed by atoms with E-state index in [1.54, 1.807) is 6.20 Å². The summed E-state index contributed by atoms with van der Waals surface area (Å²) in [5.41, 5.74) is 8.03. The molecule has 0 bridgehead atoms. The van der Waals surface area contributed by atoms with Gasteiger partial charge in [-0.2, -0.15) is 0 Å². The minimum Gasteiger partial charge on any atom is -0.383 e. The van der Waals surface area contributed by atoms with Crippen LogP contribution in [0.4, 0.5) is 5.82 Å². The van der Waals surface area contributed by atoms with Gasteiger partial charge in [-0.3, -0.25) is 0 Å². The number of nitrogens with zero attached hydrogens (tertiary/aromatic N) is 1. The van der Waals surface area contributed by atoms with Gasteiger partial charge in [0.15, 0.2) is 0 Å². The van der Waals surface area contributed by atoms with Crippen molar-refractivity contribution >= 4 is 5.82 Å². The Hall–Kier alpha value is -1.09. The number of aryl methyl sites for hydroxylation is 1. The molecule has 0 fully saturated rings. The maximum Gasteiger partial charge on any atom is 0.126 e. The largest absolute Gasteiger partial charge is 0.383 e. The first kappa shape index (κ1) is 9.99. The molecule has 0 aliphatic rings. The van der Waals surface area contributed by atoms with E-state index in [2.05, 4.69) is 4.98 Å². The first-order chi connectivity index (χ1) is 6.25. The lowest BCUT2D eigenvalue weighted by Crippen LogP contribution is -2.04. The van der Waals surface area contributed by atoms with Crippen LogP contribution in [0.1, 0.15) is 18.1 Å². The van der Waals surface area contributed by atoms with Crippen LogP contribution in [0, 0.1) is 6.92 Å². The molecule has 0 unspecified atom stereocenters. The minimum atomic E-state index is 0.625. The van der Waals surface area contributed by atoms with E-state index in [0.717, 1.165) is 18.6 Å². The van der Waals surface area contributed by atoms with Gasteiger partial charge in [0.2, 0.25) is 0 Å². The van der Waals surface area contributed by atoms with Gasteiger partial charge in [0.1, 0.15) is 5.82 Å². The van der Waals surface area contributed by atoms with Crippen molar-refractivity contribution in [2.24, 2.45) is 0 Å². The Balaban J connectivity index is 2.64. The second-order valence-corrected chi connectivity index (χ2v) is 2.94. The Morgan fingerprint density at radius 3 is 2.92 bits per heavy atom. The molecule has 2 N–H and O–H groups in total. The van der Waals surface area contributed by atoms with Crippen LogP contribution < -0.4 is 5.73 Å². The highest BCUT2D eigenvalue weighted by Gasteiger charge is 2.02. The molecule has 3 nitrogen and oxygen atoms in total. The number of hydrogen-bond donors (Lipinski definition) is 1.